The number of benzene rings is 4. The number of thioether (sulfide) groups is 1. The highest BCUT2D eigenvalue weighted by Crippen LogP contribution is 2.37. The summed E-state index contributed by atoms with van der Waals surface area (Å²) in [5.41, 5.74) is 1.58. The molecule has 1 aromatic heterocycles. The molecule has 0 radical (unpaired) electrons. The fourth-order valence-electron chi connectivity index (χ4n) is 4.13. The Morgan fingerprint density at radius 1 is 0.818 bits per heavy atom. The van der Waals surface area contributed by atoms with Crippen LogP contribution in [-0.2, 0) is 9.59 Å². The number of nitrogens with one attached hydrogen (secondary N) is 3. The van der Waals surface area contributed by atoms with Gasteiger partial charge in [0.05, 0.1) is 12.0 Å². The van der Waals surface area contributed by atoms with Crippen LogP contribution in [0.1, 0.15) is 26.9 Å². The summed E-state index contributed by atoms with van der Waals surface area (Å²) in [4.78, 5) is 40.4. The fourth-order valence-corrected chi connectivity index (χ4v) is 5.55. The second kappa shape index (κ2) is 14.5. The van der Waals surface area contributed by atoms with Gasteiger partial charge in [0.15, 0.2) is 0 Å². The monoisotopic (exact) mass is 669 g/mol. The highest BCUT2D eigenvalue weighted by molar-refractivity contribution is 9.10. The van der Waals surface area contributed by atoms with E-state index in [2.05, 4.69) is 31.9 Å². The van der Waals surface area contributed by atoms with E-state index in [1.807, 2.05) is 30.3 Å². The van der Waals surface area contributed by atoms with Crippen molar-refractivity contribution >= 4 is 62.9 Å². The van der Waals surface area contributed by atoms with Crippen LogP contribution in [0.4, 0.5) is 15.8 Å². The molecule has 10 heteroatoms. The van der Waals surface area contributed by atoms with Gasteiger partial charge in [-0.3, -0.25) is 14.4 Å². The molecular formula is C34H25BrFN3O4S. The topological polar surface area (TPSA) is 100 Å². The number of hydrogen-bond acceptors (Lipinski definition) is 5. The van der Waals surface area contributed by atoms with Gasteiger partial charge in [0.25, 0.3) is 11.8 Å². The molecule has 0 bridgehead atoms. The van der Waals surface area contributed by atoms with E-state index in [0.29, 0.717) is 31.9 Å². The first-order valence-electron chi connectivity index (χ1n) is 13.4. The SMILES string of the molecule is O=C(Nc1cccc(SC(C(=O)Nc2ccc(Br)cc2F)c2ccccc2)c1)/C(=C/c1ccco1)NC(=O)c1ccccc1. The molecule has 0 fully saturated rings. The number of furan rings is 1. The minimum absolute atomic E-state index is 0.0232. The lowest BCUT2D eigenvalue weighted by atomic mass is 10.1. The third-order valence-corrected chi connectivity index (χ3v) is 7.98. The number of rotatable bonds is 10. The maximum atomic E-state index is 14.5. The number of amides is 3. The lowest BCUT2D eigenvalue weighted by Gasteiger charge is -2.18. The van der Waals surface area contributed by atoms with Gasteiger partial charge in [-0.1, -0.05) is 70.5 Å². The lowest BCUT2D eigenvalue weighted by molar-refractivity contribution is -0.116. The normalized spacial score (nSPS) is 11.8. The van der Waals surface area contributed by atoms with E-state index < -0.39 is 28.8 Å². The average Bonchev–Trinajstić information content (AvgIpc) is 3.55. The van der Waals surface area contributed by atoms with Crippen molar-refractivity contribution in [3.63, 3.8) is 0 Å². The first-order chi connectivity index (χ1) is 21.4. The first-order valence-corrected chi connectivity index (χ1v) is 15.0. The summed E-state index contributed by atoms with van der Waals surface area (Å²) < 4.78 is 20.4. The van der Waals surface area contributed by atoms with Gasteiger partial charge in [-0.05, 0) is 66.2 Å². The standard InChI is InChI=1S/C34H25BrFN3O4S/c35-24-16-17-29(28(36)19-24)38-34(42)31(22-9-3-1-4-10-22)44-27-15-7-13-25(20-27)37-33(41)30(21-26-14-8-18-43-26)39-32(40)23-11-5-2-6-12-23/h1-21,31H,(H,37,41)(H,38,42)(H,39,40)/b30-21-. The van der Waals surface area contributed by atoms with Crippen LogP contribution in [0.5, 0.6) is 0 Å². The Labute approximate surface area is 265 Å². The zero-order valence-corrected chi connectivity index (χ0v) is 25.4. The van der Waals surface area contributed by atoms with Crippen LogP contribution in [0.15, 0.2) is 141 Å². The third kappa shape index (κ3) is 8.12. The fraction of sp³-hybridized carbons (Fsp3) is 0.0294. The molecule has 0 aliphatic carbocycles. The van der Waals surface area contributed by atoms with Gasteiger partial charge in [0.1, 0.15) is 22.5 Å². The van der Waals surface area contributed by atoms with Gasteiger partial charge in [-0.15, -0.1) is 11.8 Å². The second-order valence-corrected chi connectivity index (χ2v) is 11.5. The minimum atomic E-state index is -0.732. The van der Waals surface area contributed by atoms with E-state index in [-0.39, 0.29) is 11.4 Å². The van der Waals surface area contributed by atoms with Crippen LogP contribution in [0, 0.1) is 5.82 Å². The van der Waals surface area contributed by atoms with E-state index in [1.54, 1.807) is 72.8 Å². The van der Waals surface area contributed by atoms with E-state index >= 15 is 0 Å². The van der Waals surface area contributed by atoms with Crippen LogP contribution in [-0.4, -0.2) is 17.7 Å². The number of hydrogen-bond donors (Lipinski definition) is 3. The molecule has 0 aliphatic heterocycles. The van der Waals surface area contributed by atoms with Crippen LogP contribution < -0.4 is 16.0 Å². The summed E-state index contributed by atoms with van der Waals surface area (Å²) in [7, 11) is 0. The Morgan fingerprint density at radius 2 is 1.57 bits per heavy atom. The highest BCUT2D eigenvalue weighted by Gasteiger charge is 2.24. The maximum Gasteiger partial charge on any atom is 0.272 e. The van der Waals surface area contributed by atoms with Gasteiger partial charge in [-0.2, -0.15) is 0 Å². The van der Waals surface area contributed by atoms with Crippen molar-refractivity contribution in [2.75, 3.05) is 10.6 Å². The number of carbonyl (C=O) groups excluding carboxylic acids is 3. The molecule has 3 N–H and O–H groups in total. The van der Waals surface area contributed by atoms with Crippen LogP contribution >= 0.6 is 27.7 Å². The summed E-state index contributed by atoms with van der Waals surface area (Å²) in [6, 6.07) is 32.4. The molecular weight excluding hydrogens is 645 g/mol. The van der Waals surface area contributed by atoms with Gasteiger partial charge in [-0.25, -0.2) is 4.39 Å². The molecule has 220 valence electrons. The van der Waals surface area contributed by atoms with Crippen molar-refractivity contribution in [3.05, 3.63) is 154 Å². The van der Waals surface area contributed by atoms with Gasteiger partial charge in [0, 0.05) is 26.7 Å². The summed E-state index contributed by atoms with van der Waals surface area (Å²) >= 11 is 4.47. The molecule has 44 heavy (non-hydrogen) atoms. The summed E-state index contributed by atoms with van der Waals surface area (Å²) in [6.07, 6.45) is 2.90. The van der Waals surface area contributed by atoms with Crippen molar-refractivity contribution in [1.29, 1.82) is 0 Å². The molecule has 1 heterocycles. The molecule has 3 amide bonds. The molecule has 0 saturated carbocycles. The molecule has 4 aromatic carbocycles. The van der Waals surface area contributed by atoms with E-state index in [9.17, 15) is 18.8 Å². The number of carbonyl (C=O) groups is 3. The smallest absolute Gasteiger partial charge is 0.272 e. The predicted molar refractivity (Wildman–Crippen MR) is 173 cm³/mol. The van der Waals surface area contributed by atoms with Crippen molar-refractivity contribution in [1.82, 2.24) is 5.32 Å². The molecule has 7 nitrogen and oxygen atoms in total. The average molecular weight is 671 g/mol. The third-order valence-electron chi connectivity index (χ3n) is 6.23. The van der Waals surface area contributed by atoms with E-state index in [0.717, 1.165) is 0 Å². The highest BCUT2D eigenvalue weighted by atomic mass is 79.9. The van der Waals surface area contributed by atoms with Crippen LogP contribution in [0.2, 0.25) is 0 Å². The Balaban J connectivity index is 1.36. The molecule has 1 atom stereocenters. The molecule has 1 unspecified atom stereocenters. The maximum absolute atomic E-state index is 14.5. The summed E-state index contributed by atoms with van der Waals surface area (Å²) in [5, 5.41) is 7.44. The zero-order chi connectivity index (χ0) is 30.9. The number of anilines is 2. The van der Waals surface area contributed by atoms with E-state index in [4.69, 9.17) is 4.42 Å². The molecule has 5 rings (SSSR count). The molecule has 0 aliphatic rings. The molecule has 0 spiro atoms. The van der Waals surface area contributed by atoms with Crippen molar-refractivity contribution < 1.29 is 23.2 Å². The van der Waals surface area contributed by atoms with Crippen LogP contribution in [0.25, 0.3) is 6.08 Å². The van der Waals surface area contributed by atoms with Crippen LogP contribution in [0.3, 0.4) is 0 Å². The van der Waals surface area contributed by atoms with Gasteiger partial charge >= 0.3 is 0 Å². The Hall–Kier alpha value is -4.93. The second-order valence-electron chi connectivity index (χ2n) is 9.40. The summed E-state index contributed by atoms with van der Waals surface area (Å²) in [6.45, 7) is 0. The van der Waals surface area contributed by atoms with Gasteiger partial charge < -0.3 is 20.4 Å². The predicted octanol–water partition coefficient (Wildman–Crippen LogP) is 8.06. The Bertz CT molecular complexity index is 1800. The van der Waals surface area contributed by atoms with E-state index in [1.165, 1.54) is 36.2 Å². The van der Waals surface area contributed by atoms with Crippen molar-refractivity contribution in [3.8, 4) is 0 Å². The van der Waals surface area contributed by atoms with Crippen molar-refractivity contribution in [2.24, 2.45) is 0 Å². The minimum Gasteiger partial charge on any atom is -0.465 e. The zero-order valence-electron chi connectivity index (χ0n) is 23.0. The Kier molecular flexibility index (Phi) is 10.1. The van der Waals surface area contributed by atoms with Crippen molar-refractivity contribution in [2.45, 2.75) is 10.1 Å². The largest absolute Gasteiger partial charge is 0.465 e. The molecule has 5 aromatic rings. The number of halogens is 2. The Morgan fingerprint density at radius 3 is 2.27 bits per heavy atom. The van der Waals surface area contributed by atoms with Gasteiger partial charge in [0.2, 0.25) is 5.91 Å². The molecule has 0 saturated heterocycles. The quantitative estimate of drug-likeness (QED) is 0.103. The summed E-state index contributed by atoms with van der Waals surface area (Å²) in [5.74, 6) is -1.62. The first kappa shape index (κ1) is 30.5. The lowest BCUT2D eigenvalue weighted by Crippen LogP contribution is -2.30.